The molecule has 0 aromatic carbocycles. The van der Waals surface area contributed by atoms with Crippen LogP contribution in [0.2, 0.25) is 0 Å². The molecule has 0 saturated carbocycles. The third-order valence-corrected chi connectivity index (χ3v) is 13.7. The van der Waals surface area contributed by atoms with Gasteiger partial charge in [-0.1, -0.05) is 754 Å². The van der Waals surface area contributed by atoms with E-state index in [1.165, 1.54) is 0 Å². The van der Waals surface area contributed by atoms with E-state index in [2.05, 4.69) is 6.58 Å². The summed E-state index contributed by atoms with van der Waals surface area (Å²) in [5, 5.41) is 0. The fraction of sp³-hybridized carbons (Fsp3) is 0.00800. The highest BCUT2D eigenvalue weighted by Gasteiger charge is 1.76. The first-order chi connectivity index (χ1) is 62.4. The van der Waals surface area contributed by atoms with E-state index in [1.807, 2.05) is 748 Å². The van der Waals surface area contributed by atoms with Crippen LogP contribution in [0.1, 0.15) is 6.92 Å². The van der Waals surface area contributed by atoms with Crippen molar-refractivity contribution < 1.29 is 0 Å². The lowest BCUT2D eigenvalue weighted by Crippen LogP contribution is -1.55. The zero-order chi connectivity index (χ0) is 89.0. The molecule has 0 heterocycles. The van der Waals surface area contributed by atoms with Gasteiger partial charge in [-0.25, -0.2) is 0 Å². The van der Waals surface area contributed by atoms with Gasteiger partial charge in [0.1, 0.15) is 0 Å². The van der Waals surface area contributed by atoms with Crippen LogP contribution in [0.5, 0.6) is 0 Å². The predicted octanol–water partition coefficient (Wildman–Crippen LogP) is 35.1. The van der Waals surface area contributed by atoms with Crippen LogP contribution >= 0.6 is 0 Å². The molecule has 0 aliphatic carbocycles. The molecule has 0 heteroatoms. The first-order valence-electron chi connectivity index (χ1n) is 41.7. The van der Waals surface area contributed by atoms with Gasteiger partial charge in [-0.2, -0.15) is 0 Å². The summed E-state index contributed by atoms with van der Waals surface area (Å²) in [4.78, 5) is 0. The Morgan fingerprint density at radius 1 is 0.0640 bits per heavy atom. The summed E-state index contributed by atoms with van der Waals surface area (Å²) in [5.74, 6) is 0. The summed E-state index contributed by atoms with van der Waals surface area (Å²) in [5.41, 5.74) is 0. The largest absolute Gasteiger partial charge is 0.0991 e. The zero-order valence-corrected chi connectivity index (χ0v) is 72.7. The molecule has 0 atom stereocenters. The van der Waals surface area contributed by atoms with E-state index in [0.717, 1.165) is 0 Å². The van der Waals surface area contributed by atoms with Gasteiger partial charge in [0.15, 0.2) is 0 Å². The Morgan fingerprint density at radius 3 is 0.144 bits per heavy atom. The minimum atomic E-state index is 1.75. The average molecular weight is 1630 g/mol. The van der Waals surface area contributed by atoms with Gasteiger partial charge in [-0.3, -0.25) is 0 Å². The summed E-state index contributed by atoms with van der Waals surface area (Å²) in [7, 11) is 0. The summed E-state index contributed by atoms with van der Waals surface area (Å²) in [6.45, 7) is 5.64. The van der Waals surface area contributed by atoms with Gasteiger partial charge in [0.05, 0.1) is 0 Å². The maximum absolute atomic E-state index is 3.64. The second-order valence-electron chi connectivity index (χ2n) is 23.9. The molecule has 0 spiro atoms. The topological polar surface area (TPSA) is 0 Å². The Balaban J connectivity index is 4.13. The number of hydrogen-bond acceptors (Lipinski definition) is 0. The summed E-state index contributed by atoms with van der Waals surface area (Å²) in [6, 6.07) is 0. The minimum Gasteiger partial charge on any atom is -0.0991 e. The molecule has 0 unspecified atom stereocenters. The van der Waals surface area contributed by atoms with Crippen molar-refractivity contribution in [3.63, 3.8) is 0 Å². The molecule has 0 aromatic rings. The minimum absolute atomic E-state index is 1.75. The van der Waals surface area contributed by atoms with E-state index in [-0.39, 0.29) is 0 Å². The van der Waals surface area contributed by atoms with Crippen LogP contribution < -0.4 is 0 Å². The third kappa shape index (κ3) is 108. The van der Waals surface area contributed by atoms with E-state index in [1.54, 1.807) is 6.08 Å². The third-order valence-electron chi connectivity index (χ3n) is 13.7. The van der Waals surface area contributed by atoms with E-state index in [4.69, 9.17) is 0 Å². The Bertz CT molecular complexity index is 4570. The molecule has 0 rings (SSSR count). The molecule has 0 aliphatic rings. The Labute approximate surface area is 755 Å². The molecular formula is C125H128. The van der Waals surface area contributed by atoms with E-state index in [9.17, 15) is 0 Å². The van der Waals surface area contributed by atoms with Crippen LogP contribution in [0.15, 0.2) is 754 Å². The molecule has 0 radical (unpaired) electrons. The van der Waals surface area contributed by atoms with Crippen LogP contribution in [0.4, 0.5) is 0 Å². The van der Waals surface area contributed by atoms with Gasteiger partial charge < -0.3 is 0 Å². The van der Waals surface area contributed by atoms with Crippen LogP contribution in [-0.2, 0) is 0 Å². The van der Waals surface area contributed by atoms with Crippen molar-refractivity contribution >= 4 is 0 Å². The SMILES string of the molecule is C=CC=CC=CC=CC=CC=CC=CC=CC=CC=CC=CC=CC=CC=CC=CC=CC=CC=CC=CC=CC=CC=CC=CC=CC=CC=CC=CC=CC=CC=CC=CC=CC=CC=CC=CC=CC=CC=CC=CC=CC=CC=CC=CC=CC=CC=CC=CC=CC=CC=CC=CC=CC=CC=CC=CC=CC=CC=CC=CC=CC=CC=CC. The van der Waals surface area contributed by atoms with Crippen LogP contribution in [0.25, 0.3) is 0 Å². The van der Waals surface area contributed by atoms with Gasteiger partial charge in [-0.05, 0) is 6.92 Å². The lowest BCUT2D eigenvalue weighted by molar-refractivity contribution is 1.73. The van der Waals surface area contributed by atoms with Crippen LogP contribution in [-0.4, -0.2) is 0 Å². The predicted molar refractivity (Wildman–Crippen MR) is 573 cm³/mol. The fourth-order valence-electron chi connectivity index (χ4n) is 7.82. The van der Waals surface area contributed by atoms with Crippen molar-refractivity contribution in [3.05, 3.63) is 754 Å². The van der Waals surface area contributed by atoms with Crippen LogP contribution in [0, 0.1) is 0 Å². The molecule has 0 aromatic heterocycles. The summed E-state index contributed by atoms with van der Waals surface area (Å²) in [6.07, 6.45) is 245. The molecule has 0 fully saturated rings. The summed E-state index contributed by atoms with van der Waals surface area (Å²) < 4.78 is 0. The maximum atomic E-state index is 3.64. The second-order valence-corrected chi connectivity index (χ2v) is 23.9. The standard InChI is InChI=1S/C125H128/c1-3-5-7-9-11-13-15-17-19-21-23-25-27-29-31-33-35-37-39-41-43-45-47-49-51-53-55-57-59-61-63-65-67-69-71-73-75-77-79-81-83-85-87-89-91-93-95-97-99-101-103-105-107-109-111-113-115-117-119-121-123-125-124-122-120-118-116-114-112-110-108-106-104-102-100-98-96-94-92-90-88-86-84-82-80-78-76-74-72-70-68-66-64-62-60-58-56-54-52-50-48-46-44-42-40-38-36-34-32-30-28-26-24-22-20-18-16-14-12-10-8-6-4-2/h3-125H,1H2,2H3. The molecule has 0 nitrogen and oxygen atoms in total. The van der Waals surface area contributed by atoms with Crippen LogP contribution in [0.3, 0.4) is 0 Å². The van der Waals surface area contributed by atoms with E-state index in [0.29, 0.717) is 0 Å². The molecule has 0 N–H and O–H groups in total. The molecule has 0 amide bonds. The molecule has 0 saturated heterocycles. The molecule has 0 bridgehead atoms. The molecule has 0 aliphatic heterocycles. The first kappa shape index (κ1) is 109. The van der Waals surface area contributed by atoms with Gasteiger partial charge in [0, 0.05) is 0 Å². The Kier molecular flexibility index (Phi) is 94.0. The average Bonchev–Trinajstić information content (AvgIpc) is 1.66. The Morgan fingerprint density at radius 2 is 0.104 bits per heavy atom. The number of rotatable bonds is 61. The van der Waals surface area contributed by atoms with Gasteiger partial charge >= 0.3 is 0 Å². The highest BCUT2D eigenvalue weighted by atomic mass is 13.8. The molecule has 125 heavy (non-hydrogen) atoms. The fourth-order valence-corrected chi connectivity index (χ4v) is 7.82. The summed E-state index contributed by atoms with van der Waals surface area (Å²) >= 11 is 0. The maximum Gasteiger partial charge on any atom is -0.0467 e. The van der Waals surface area contributed by atoms with Crippen molar-refractivity contribution in [1.29, 1.82) is 0 Å². The molecular weight excluding hydrogens is 1500 g/mol. The lowest BCUT2D eigenvalue weighted by atomic mass is 10.3. The van der Waals surface area contributed by atoms with Crippen molar-refractivity contribution in [1.82, 2.24) is 0 Å². The quantitative estimate of drug-likeness (QED) is 0.0533. The molecule has 628 valence electrons. The van der Waals surface area contributed by atoms with E-state index < -0.39 is 0 Å². The number of allylic oxidation sites excluding steroid dienone is 123. The smallest absolute Gasteiger partial charge is 0.0467 e. The number of hydrogen-bond donors (Lipinski definition) is 0. The first-order valence-corrected chi connectivity index (χ1v) is 41.7. The van der Waals surface area contributed by atoms with E-state index >= 15 is 0 Å². The Hall–Kier alpha value is -16.1. The van der Waals surface area contributed by atoms with Gasteiger partial charge in [0.2, 0.25) is 0 Å². The highest BCUT2D eigenvalue weighted by molar-refractivity contribution is 5.34. The monoisotopic (exact) mass is 1630 g/mol. The zero-order valence-electron chi connectivity index (χ0n) is 72.7. The van der Waals surface area contributed by atoms with Gasteiger partial charge in [-0.15, -0.1) is 0 Å². The normalized spacial score (nSPS) is 15.7. The van der Waals surface area contributed by atoms with Crippen molar-refractivity contribution in [2.75, 3.05) is 0 Å². The highest BCUT2D eigenvalue weighted by Crippen LogP contribution is 1.98. The van der Waals surface area contributed by atoms with Crippen molar-refractivity contribution in [3.8, 4) is 0 Å². The van der Waals surface area contributed by atoms with Gasteiger partial charge in [0.25, 0.3) is 0 Å². The second kappa shape index (κ2) is 108. The lowest BCUT2D eigenvalue weighted by Gasteiger charge is -1.77. The van der Waals surface area contributed by atoms with Crippen molar-refractivity contribution in [2.24, 2.45) is 0 Å². The van der Waals surface area contributed by atoms with Crippen molar-refractivity contribution in [2.45, 2.75) is 6.92 Å².